The van der Waals surface area contributed by atoms with Gasteiger partial charge in [0.05, 0.1) is 12.3 Å². The highest BCUT2D eigenvalue weighted by Gasteiger charge is 2.24. The Bertz CT molecular complexity index is 1220. The van der Waals surface area contributed by atoms with Crippen molar-refractivity contribution in [3.63, 3.8) is 0 Å². The van der Waals surface area contributed by atoms with Gasteiger partial charge in [-0.2, -0.15) is 0 Å². The van der Waals surface area contributed by atoms with Crippen LogP contribution in [0.1, 0.15) is 42.6 Å². The maximum Gasteiger partial charge on any atom is 0.285 e. The van der Waals surface area contributed by atoms with E-state index in [0.717, 1.165) is 16.8 Å². The van der Waals surface area contributed by atoms with Crippen molar-refractivity contribution in [3.05, 3.63) is 63.5 Å². The number of oxazole rings is 1. The molecule has 0 atom stereocenters. The second kappa shape index (κ2) is 6.76. The number of hydrogen-bond donors (Lipinski definition) is 2. The maximum atomic E-state index is 13.3. The molecule has 3 heterocycles. The third kappa shape index (κ3) is 2.75. The van der Waals surface area contributed by atoms with E-state index in [-0.39, 0.29) is 24.0 Å². The van der Waals surface area contributed by atoms with Gasteiger partial charge in [-0.05, 0) is 19.4 Å². The summed E-state index contributed by atoms with van der Waals surface area (Å²) in [6, 6.07) is 9.83. The molecular weight excluding hydrogens is 356 g/mol. The largest absolute Gasteiger partial charge is 0.440 e. The van der Waals surface area contributed by atoms with Gasteiger partial charge in [0.15, 0.2) is 5.65 Å². The molecule has 144 valence electrons. The highest BCUT2D eigenvalue weighted by Crippen LogP contribution is 2.30. The molecule has 0 saturated heterocycles. The molecule has 4 aromatic rings. The number of hydrogen-bond acceptors (Lipinski definition) is 5. The van der Waals surface area contributed by atoms with Crippen molar-refractivity contribution < 1.29 is 9.52 Å². The Hall–Kier alpha value is -3.19. The summed E-state index contributed by atoms with van der Waals surface area (Å²) in [5.41, 5.74) is 4.27. The Morgan fingerprint density at radius 3 is 2.46 bits per heavy atom. The number of aromatic amines is 1. The predicted octanol–water partition coefficient (Wildman–Crippen LogP) is 3.58. The second-order valence-corrected chi connectivity index (χ2v) is 7.16. The predicted molar refractivity (Wildman–Crippen MR) is 106 cm³/mol. The lowest BCUT2D eigenvalue weighted by Crippen LogP contribution is -2.19. The Morgan fingerprint density at radius 2 is 1.86 bits per heavy atom. The first-order valence-corrected chi connectivity index (χ1v) is 9.20. The fourth-order valence-corrected chi connectivity index (χ4v) is 3.52. The summed E-state index contributed by atoms with van der Waals surface area (Å²) in [6.07, 6.45) is 0. The first-order chi connectivity index (χ1) is 13.4. The number of aliphatic hydroxyl groups excluding tert-OH is 1. The number of fused-ring (bicyclic) bond motifs is 1. The molecule has 0 aliphatic carbocycles. The van der Waals surface area contributed by atoms with Gasteiger partial charge in [0.2, 0.25) is 5.89 Å². The minimum absolute atomic E-state index is 0.0422. The van der Waals surface area contributed by atoms with Gasteiger partial charge >= 0.3 is 0 Å². The number of H-pyrrole nitrogens is 1. The number of aryl methyl sites for hydroxylation is 2. The summed E-state index contributed by atoms with van der Waals surface area (Å²) in [6.45, 7) is 7.34. The Balaban J connectivity index is 1.98. The van der Waals surface area contributed by atoms with Gasteiger partial charge < -0.3 is 9.52 Å². The summed E-state index contributed by atoms with van der Waals surface area (Å²) in [5, 5.41) is 12.7. The van der Waals surface area contributed by atoms with Gasteiger partial charge in [-0.25, -0.2) is 14.5 Å². The SMILES string of the molecule is Cc1nc2c(-c3ccccc3)c(C)[nH]n2c(=O)c1-c1nc(CO)c(C(C)C)o1. The minimum atomic E-state index is -0.283. The molecule has 0 unspecified atom stereocenters. The van der Waals surface area contributed by atoms with E-state index in [1.54, 1.807) is 6.92 Å². The zero-order chi connectivity index (χ0) is 20.0. The van der Waals surface area contributed by atoms with E-state index < -0.39 is 0 Å². The Morgan fingerprint density at radius 1 is 1.14 bits per heavy atom. The summed E-state index contributed by atoms with van der Waals surface area (Å²) in [4.78, 5) is 22.3. The molecule has 0 amide bonds. The highest BCUT2D eigenvalue weighted by atomic mass is 16.4. The van der Waals surface area contributed by atoms with Crippen LogP contribution < -0.4 is 5.56 Å². The highest BCUT2D eigenvalue weighted by molar-refractivity contribution is 5.80. The zero-order valence-electron chi connectivity index (χ0n) is 16.3. The number of nitrogens with zero attached hydrogens (tertiary/aromatic N) is 3. The van der Waals surface area contributed by atoms with E-state index in [4.69, 9.17) is 4.42 Å². The van der Waals surface area contributed by atoms with Crippen LogP contribution in [-0.4, -0.2) is 24.7 Å². The first kappa shape index (κ1) is 18.2. The van der Waals surface area contributed by atoms with Gasteiger partial charge in [0.1, 0.15) is 17.0 Å². The molecule has 4 rings (SSSR count). The van der Waals surface area contributed by atoms with E-state index in [1.165, 1.54) is 4.52 Å². The number of rotatable bonds is 4. The molecule has 1 aromatic carbocycles. The lowest BCUT2D eigenvalue weighted by Gasteiger charge is -2.04. The summed E-state index contributed by atoms with van der Waals surface area (Å²) >= 11 is 0. The molecule has 0 aliphatic heterocycles. The Kier molecular flexibility index (Phi) is 4.39. The van der Waals surface area contributed by atoms with Crippen LogP contribution in [0, 0.1) is 13.8 Å². The van der Waals surface area contributed by atoms with Crippen molar-refractivity contribution in [1.29, 1.82) is 0 Å². The molecule has 28 heavy (non-hydrogen) atoms. The van der Waals surface area contributed by atoms with E-state index in [0.29, 0.717) is 28.4 Å². The molecule has 2 N–H and O–H groups in total. The zero-order valence-corrected chi connectivity index (χ0v) is 16.3. The van der Waals surface area contributed by atoms with Gasteiger partial charge in [0, 0.05) is 17.2 Å². The van der Waals surface area contributed by atoms with E-state index in [9.17, 15) is 9.90 Å². The van der Waals surface area contributed by atoms with E-state index >= 15 is 0 Å². The van der Waals surface area contributed by atoms with Gasteiger partial charge in [-0.1, -0.05) is 44.2 Å². The number of aromatic nitrogens is 4. The van der Waals surface area contributed by atoms with Gasteiger partial charge in [-0.3, -0.25) is 9.89 Å². The van der Waals surface area contributed by atoms with Crippen molar-refractivity contribution in [2.24, 2.45) is 0 Å². The normalized spacial score (nSPS) is 11.6. The Labute approximate surface area is 161 Å². The second-order valence-electron chi connectivity index (χ2n) is 7.16. The summed E-state index contributed by atoms with van der Waals surface area (Å²) in [7, 11) is 0. The fourth-order valence-electron chi connectivity index (χ4n) is 3.52. The monoisotopic (exact) mass is 378 g/mol. The van der Waals surface area contributed by atoms with Crippen LogP contribution in [0.15, 0.2) is 39.5 Å². The fraction of sp³-hybridized carbons (Fsp3) is 0.286. The molecule has 3 aromatic heterocycles. The quantitative estimate of drug-likeness (QED) is 0.566. The minimum Gasteiger partial charge on any atom is -0.440 e. The van der Waals surface area contributed by atoms with Crippen LogP contribution >= 0.6 is 0 Å². The number of nitrogens with one attached hydrogen (secondary N) is 1. The first-order valence-electron chi connectivity index (χ1n) is 9.20. The lowest BCUT2D eigenvalue weighted by atomic mass is 10.1. The van der Waals surface area contributed by atoms with Crippen LogP contribution in [0.2, 0.25) is 0 Å². The smallest absolute Gasteiger partial charge is 0.285 e. The molecule has 0 fully saturated rings. The molecule has 0 spiro atoms. The molecule has 0 aliphatic rings. The van der Waals surface area contributed by atoms with Gasteiger partial charge in [0.25, 0.3) is 5.56 Å². The lowest BCUT2D eigenvalue weighted by molar-refractivity contribution is 0.273. The summed E-state index contributed by atoms with van der Waals surface area (Å²) < 4.78 is 7.28. The van der Waals surface area contributed by atoms with Crippen molar-refractivity contribution >= 4 is 5.65 Å². The third-order valence-corrected chi connectivity index (χ3v) is 4.82. The van der Waals surface area contributed by atoms with Crippen LogP contribution in [0.5, 0.6) is 0 Å². The third-order valence-electron chi connectivity index (χ3n) is 4.82. The van der Waals surface area contributed by atoms with Crippen molar-refractivity contribution in [2.45, 2.75) is 40.2 Å². The molecule has 0 saturated carbocycles. The average molecular weight is 378 g/mol. The maximum absolute atomic E-state index is 13.3. The molecule has 7 heteroatoms. The summed E-state index contributed by atoms with van der Waals surface area (Å²) in [5.74, 6) is 0.806. The van der Waals surface area contributed by atoms with Crippen molar-refractivity contribution in [1.82, 2.24) is 19.6 Å². The van der Waals surface area contributed by atoms with E-state index in [1.807, 2.05) is 51.1 Å². The topological polar surface area (TPSA) is 96.4 Å². The molecule has 0 bridgehead atoms. The molecule has 7 nitrogen and oxygen atoms in total. The van der Waals surface area contributed by atoms with Crippen LogP contribution in [0.4, 0.5) is 0 Å². The number of aliphatic hydroxyl groups is 1. The van der Waals surface area contributed by atoms with E-state index in [2.05, 4.69) is 15.1 Å². The standard InChI is InChI=1S/C21H22N4O3/c1-11(2)18-15(10-26)23-20(28-18)17-12(3)22-19-16(14-8-6-5-7-9-14)13(4)24-25(19)21(17)27/h5-9,11,24,26H,10H2,1-4H3. The van der Waals surface area contributed by atoms with Crippen LogP contribution in [-0.2, 0) is 6.61 Å². The van der Waals surface area contributed by atoms with Crippen LogP contribution in [0.25, 0.3) is 28.2 Å². The molecular formula is C21H22N4O3. The number of benzene rings is 1. The average Bonchev–Trinajstić information content (AvgIpc) is 3.23. The van der Waals surface area contributed by atoms with Gasteiger partial charge in [-0.15, -0.1) is 0 Å². The molecule has 0 radical (unpaired) electrons. The van der Waals surface area contributed by atoms with Crippen molar-refractivity contribution in [2.75, 3.05) is 0 Å². The van der Waals surface area contributed by atoms with Crippen LogP contribution in [0.3, 0.4) is 0 Å². The van der Waals surface area contributed by atoms with Crippen molar-refractivity contribution in [3.8, 4) is 22.6 Å².